The summed E-state index contributed by atoms with van der Waals surface area (Å²) in [4.78, 5) is 14.6. The molecule has 3 N–H and O–H groups in total. The minimum Gasteiger partial charge on any atom is -0.423 e. The van der Waals surface area contributed by atoms with E-state index in [0.717, 1.165) is 5.56 Å². The van der Waals surface area contributed by atoms with E-state index in [-0.39, 0.29) is 17.2 Å². The van der Waals surface area contributed by atoms with Crippen molar-refractivity contribution in [2.45, 2.75) is 6.54 Å². The fourth-order valence-electron chi connectivity index (χ4n) is 1.97. The van der Waals surface area contributed by atoms with Gasteiger partial charge in [-0.25, -0.2) is 0 Å². The number of hydrogen-bond acceptors (Lipinski definition) is 6. The predicted molar refractivity (Wildman–Crippen MR) is 78.8 cm³/mol. The molecule has 0 aliphatic heterocycles. The summed E-state index contributed by atoms with van der Waals surface area (Å²) in [6.45, 7) is 0.487. The third kappa shape index (κ3) is 2.62. The van der Waals surface area contributed by atoms with Crippen molar-refractivity contribution < 1.29 is 9.34 Å². The predicted octanol–water partition coefficient (Wildman–Crippen LogP) is 2.93. The van der Waals surface area contributed by atoms with Crippen molar-refractivity contribution >= 4 is 28.5 Å². The largest absolute Gasteiger partial charge is 0.423 e. The third-order valence-corrected chi connectivity index (χ3v) is 3.02. The summed E-state index contributed by atoms with van der Waals surface area (Å²) < 4.78 is 5.45. The smallest absolute Gasteiger partial charge is 0.298 e. The lowest BCUT2D eigenvalue weighted by molar-refractivity contribution is -0.383. The number of nitro groups is 1. The van der Waals surface area contributed by atoms with Gasteiger partial charge in [-0.05, 0) is 23.8 Å². The monoisotopic (exact) mass is 284 g/mol. The Hall–Kier alpha value is -3.09. The number of hydrogen-bond donors (Lipinski definition) is 2. The molecule has 3 rings (SSSR count). The van der Waals surface area contributed by atoms with Crippen molar-refractivity contribution in [2.75, 3.05) is 11.1 Å². The zero-order valence-corrected chi connectivity index (χ0v) is 10.9. The van der Waals surface area contributed by atoms with Crippen molar-refractivity contribution in [1.29, 1.82) is 0 Å². The average molecular weight is 284 g/mol. The summed E-state index contributed by atoms with van der Waals surface area (Å²) in [7, 11) is 0. The number of nitro benzene ring substituents is 1. The van der Waals surface area contributed by atoms with Gasteiger partial charge in [0.25, 0.3) is 11.7 Å². The molecule has 1 aromatic heterocycles. The van der Waals surface area contributed by atoms with Gasteiger partial charge < -0.3 is 15.5 Å². The van der Waals surface area contributed by atoms with Gasteiger partial charge in [0.05, 0.1) is 4.92 Å². The molecule has 7 nitrogen and oxygen atoms in total. The van der Waals surface area contributed by atoms with E-state index in [1.807, 2.05) is 12.1 Å². The highest BCUT2D eigenvalue weighted by atomic mass is 16.6. The number of oxazole rings is 1. The van der Waals surface area contributed by atoms with Crippen molar-refractivity contribution in [3.05, 3.63) is 58.1 Å². The number of aromatic nitrogens is 1. The van der Waals surface area contributed by atoms with Gasteiger partial charge in [0.2, 0.25) is 0 Å². The maximum atomic E-state index is 10.9. The zero-order valence-electron chi connectivity index (χ0n) is 10.9. The van der Waals surface area contributed by atoms with Crippen LogP contribution < -0.4 is 11.1 Å². The molecule has 0 fully saturated rings. The Bertz CT molecular complexity index is 796. The quantitative estimate of drug-likeness (QED) is 0.433. The number of para-hydroxylation sites is 1. The number of anilines is 2. The molecule has 21 heavy (non-hydrogen) atoms. The fourth-order valence-corrected chi connectivity index (χ4v) is 1.97. The number of nitrogens with zero attached hydrogens (tertiary/aromatic N) is 2. The van der Waals surface area contributed by atoms with Crippen LogP contribution in [0.5, 0.6) is 0 Å². The first kappa shape index (κ1) is 12.9. The Morgan fingerprint density at radius 3 is 2.71 bits per heavy atom. The third-order valence-electron chi connectivity index (χ3n) is 3.02. The molecule has 0 amide bonds. The van der Waals surface area contributed by atoms with E-state index in [1.165, 1.54) is 6.07 Å². The van der Waals surface area contributed by atoms with Crippen LogP contribution in [0.1, 0.15) is 5.56 Å². The molecule has 0 unspecified atom stereocenters. The second kappa shape index (κ2) is 5.12. The van der Waals surface area contributed by atoms with E-state index in [2.05, 4.69) is 10.3 Å². The standard InChI is InChI=1S/C14H12N4O3/c15-10-6-4-9(5-7-10)8-16-14-17-13-11(18(19)20)2-1-3-12(13)21-14/h1-7H,8,15H2,(H,16,17). The van der Waals surface area contributed by atoms with Crippen LogP contribution in [-0.2, 0) is 6.54 Å². The highest BCUT2D eigenvalue weighted by Crippen LogP contribution is 2.27. The molecule has 1 heterocycles. The van der Waals surface area contributed by atoms with Crippen LogP contribution in [0, 0.1) is 10.1 Å². The lowest BCUT2D eigenvalue weighted by atomic mass is 10.2. The van der Waals surface area contributed by atoms with Crippen LogP contribution in [-0.4, -0.2) is 9.91 Å². The molecular weight excluding hydrogens is 272 g/mol. The van der Waals surface area contributed by atoms with Crippen LogP contribution in [0.4, 0.5) is 17.4 Å². The first-order valence-corrected chi connectivity index (χ1v) is 6.26. The van der Waals surface area contributed by atoms with Gasteiger partial charge in [-0.3, -0.25) is 10.1 Å². The van der Waals surface area contributed by atoms with Crippen LogP contribution in [0.25, 0.3) is 11.1 Å². The highest BCUT2D eigenvalue weighted by molar-refractivity contribution is 5.83. The summed E-state index contributed by atoms with van der Waals surface area (Å²) in [6.07, 6.45) is 0. The van der Waals surface area contributed by atoms with Crippen LogP contribution in [0.15, 0.2) is 46.9 Å². The molecular formula is C14H12N4O3. The summed E-state index contributed by atoms with van der Waals surface area (Å²) in [5, 5.41) is 13.9. The van der Waals surface area contributed by atoms with E-state index in [1.54, 1.807) is 24.3 Å². The minimum absolute atomic E-state index is 0.0724. The van der Waals surface area contributed by atoms with Crippen molar-refractivity contribution in [3.63, 3.8) is 0 Å². The van der Waals surface area contributed by atoms with Crippen LogP contribution in [0.2, 0.25) is 0 Å². The molecule has 0 spiro atoms. The van der Waals surface area contributed by atoms with Crippen LogP contribution in [0.3, 0.4) is 0 Å². The first-order chi connectivity index (χ1) is 10.1. The maximum absolute atomic E-state index is 10.9. The van der Waals surface area contributed by atoms with E-state index < -0.39 is 4.92 Å². The first-order valence-electron chi connectivity index (χ1n) is 6.26. The van der Waals surface area contributed by atoms with Gasteiger partial charge in [-0.1, -0.05) is 18.2 Å². The number of rotatable bonds is 4. The van der Waals surface area contributed by atoms with Gasteiger partial charge >= 0.3 is 0 Å². The van der Waals surface area contributed by atoms with E-state index in [0.29, 0.717) is 17.8 Å². The van der Waals surface area contributed by atoms with E-state index in [4.69, 9.17) is 10.2 Å². The molecule has 0 saturated carbocycles. The second-order valence-electron chi connectivity index (χ2n) is 4.50. The van der Waals surface area contributed by atoms with Gasteiger partial charge in [-0.15, -0.1) is 0 Å². The molecule has 0 bridgehead atoms. The van der Waals surface area contributed by atoms with Gasteiger partial charge in [0.1, 0.15) is 0 Å². The Morgan fingerprint density at radius 2 is 2.00 bits per heavy atom. The molecule has 0 radical (unpaired) electrons. The summed E-state index contributed by atoms with van der Waals surface area (Å²) in [5.41, 5.74) is 7.85. The molecule has 2 aromatic carbocycles. The molecule has 7 heteroatoms. The van der Waals surface area contributed by atoms with Gasteiger partial charge in [-0.2, -0.15) is 4.98 Å². The number of nitrogen functional groups attached to an aromatic ring is 1. The molecule has 0 saturated heterocycles. The fraction of sp³-hybridized carbons (Fsp3) is 0.0714. The zero-order chi connectivity index (χ0) is 14.8. The lowest BCUT2D eigenvalue weighted by Crippen LogP contribution is -1.99. The SMILES string of the molecule is Nc1ccc(CNc2nc3c([N+](=O)[O-])cccc3o2)cc1. The number of fused-ring (bicyclic) bond motifs is 1. The normalized spacial score (nSPS) is 10.7. The summed E-state index contributed by atoms with van der Waals surface area (Å²) in [6, 6.07) is 12.2. The lowest BCUT2D eigenvalue weighted by Gasteiger charge is -2.02. The summed E-state index contributed by atoms with van der Waals surface area (Å²) in [5.74, 6) is 0. The molecule has 106 valence electrons. The average Bonchev–Trinajstić information content (AvgIpc) is 2.89. The molecule has 0 aliphatic rings. The topological polar surface area (TPSA) is 107 Å². The second-order valence-corrected chi connectivity index (χ2v) is 4.50. The molecule has 3 aromatic rings. The number of benzene rings is 2. The molecule has 0 aliphatic carbocycles. The van der Waals surface area contributed by atoms with Crippen molar-refractivity contribution in [1.82, 2.24) is 4.98 Å². The van der Waals surface area contributed by atoms with Gasteiger partial charge in [0.15, 0.2) is 11.1 Å². The van der Waals surface area contributed by atoms with Crippen molar-refractivity contribution in [3.8, 4) is 0 Å². The Kier molecular flexibility index (Phi) is 3.15. The Balaban J connectivity index is 1.83. The minimum atomic E-state index is -0.478. The number of nitrogens with two attached hydrogens (primary N) is 1. The summed E-state index contributed by atoms with van der Waals surface area (Å²) >= 11 is 0. The van der Waals surface area contributed by atoms with E-state index in [9.17, 15) is 10.1 Å². The maximum Gasteiger partial charge on any atom is 0.298 e. The number of non-ortho nitro benzene ring substituents is 1. The highest BCUT2D eigenvalue weighted by Gasteiger charge is 2.17. The van der Waals surface area contributed by atoms with Crippen molar-refractivity contribution in [2.24, 2.45) is 0 Å². The van der Waals surface area contributed by atoms with Crippen LogP contribution >= 0.6 is 0 Å². The molecule has 0 atom stereocenters. The van der Waals surface area contributed by atoms with Gasteiger partial charge in [0, 0.05) is 18.3 Å². The Morgan fingerprint density at radius 1 is 1.24 bits per heavy atom. The Labute approximate surface area is 119 Å². The van der Waals surface area contributed by atoms with E-state index >= 15 is 0 Å². The number of nitrogens with one attached hydrogen (secondary N) is 1.